The number of amides is 1. The number of hydrogen-bond donors (Lipinski definition) is 4. The van der Waals surface area contributed by atoms with Crippen molar-refractivity contribution in [3.05, 3.63) is 81.9 Å². The number of ether oxygens (including phenoxy) is 4. The Balaban J connectivity index is 1.64. The summed E-state index contributed by atoms with van der Waals surface area (Å²) in [6.45, 7) is 6.94. The minimum Gasteiger partial charge on any atom is -0.508 e. The SMILES string of the molecule is CCOC(=O)[C@H](N)CCCCNC(=O)c1c(C(=O)OC(C)(C)C)c(O)cc2c1C1(OC(=O)c3ccccc31)c1ccc(O)cc1O2. The summed E-state index contributed by atoms with van der Waals surface area (Å²) in [6, 6.07) is 11.2. The normalized spacial score (nSPS) is 16.8. The summed E-state index contributed by atoms with van der Waals surface area (Å²) >= 11 is 0. The van der Waals surface area contributed by atoms with E-state index in [1.165, 1.54) is 18.2 Å². The van der Waals surface area contributed by atoms with Crippen molar-refractivity contribution < 1.29 is 48.3 Å². The Morgan fingerprint density at radius 2 is 1.74 bits per heavy atom. The fourth-order valence-electron chi connectivity index (χ4n) is 5.73. The van der Waals surface area contributed by atoms with Crippen LogP contribution in [0.5, 0.6) is 23.0 Å². The zero-order chi connectivity index (χ0) is 33.4. The molecule has 0 aromatic heterocycles. The first kappa shape index (κ1) is 32.3. The van der Waals surface area contributed by atoms with Crippen molar-refractivity contribution in [2.75, 3.05) is 13.2 Å². The Labute approximate surface area is 265 Å². The first-order valence-corrected chi connectivity index (χ1v) is 15.0. The highest BCUT2D eigenvalue weighted by molar-refractivity contribution is 6.10. The topological polar surface area (TPSA) is 184 Å². The van der Waals surface area contributed by atoms with Crippen molar-refractivity contribution >= 4 is 23.8 Å². The Morgan fingerprint density at radius 1 is 1.00 bits per heavy atom. The Bertz CT molecular complexity index is 1730. The van der Waals surface area contributed by atoms with Gasteiger partial charge in [0.2, 0.25) is 0 Å². The van der Waals surface area contributed by atoms with Gasteiger partial charge in [-0.05, 0) is 65.2 Å². The van der Waals surface area contributed by atoms with Gasteiger partial charge in [0, 0.05) is 29.8 Å². The van der Waals surface area contributed by atoms with Crippen LogP contribution in [0.4, 0.5) is 0 Å². The van der Waals surface area contributed by atoms with Gasteiger partial charge in [-0.3, -0.25) is 9.59 Å². The molecule has 0 bridgehead atoms. The number of carbonyl (C=O) groups is 4. The number of nitrogens with one attached hydrogen (secondary N) is 1. The lowest BCUT2D eigenvalue weighted by Gasteiger charge is -2.38. The highest BCUT2D eigenvalue weighted by Gasteiger charge is 2.56. The highest BCUT2D eigenvalue weighted by atomic mass is 16.6. The minimum absolute atomic E-state index is 0.00415. The average Bonchev–Trinajstić information content (AvgIpc) is 3.27. The Morgan fingerprint density at radius 3 is 2.46 bits per heavy atom. The number of hydrogen-bond acceptors (Lipinski definition) is 11. The first-order chi connectivity index (χ1) is 21.8. The summed E-state index contributed by atoms with van der Waals surface area (Å²) in [5, 5.41) is 24.3. The molecule has 0 saturated carbocycles. The molecule has 1 unspecified atom stereocenters. The molecule has 1 amide bonds. The van der Waals surface area contributed by atoms with Crippen molar-refractivity contribution in [1.82, 2.24) is 5.32 Å². The number of nitrogens with two attached hydrogens (primary N) is 1. The van der Waals surface area contributed by atoms with Crippen LogP contribution in [0.3, 0.4) is 0 Å². The van der Waals surface area contributed by atoms with Crippen LogP contribution in [0.1, 0.15) is 94.7 Å². The second-order valence-electron chi connectivity index (χ2n) is 12.0. The van der Waals surface area contributed by atoms with Gasteiger partial charge in [-0.15, -0.1) is 0 Å². The molecule has 0 aliphatic carbocycles. The monoisotopic (exact) mass is 632 g/mol. The number of phenols is 2. The lowest BCUT2D eigenvalue weighted by molar-refractivity contribution is -0.144. The van der Waals surface area contributed by atoms with E-state index in [4.69, 9.17) is 24.7 Å². The summed E-state index contributed by atoms with van der Waals surface area (Å²) in [7, 11) is 0. The van der Waals surface area contributed by atoms with Crippen LogP contribution in [0.2, 0.25) is 0 Å². The smallest absolute Gasteiger partial charge is 0.343 e. The number of aromatic hydroxyl groups is 2. The van der Waals surface area contributed by atoms with Crippen molar-refractivity contribution in [3.8, 4) is 23.0 Å². The third-order valence-corrected chi connectivity index (χ3v) is 7.61. The maximum atomic E-state index is 14.2. The molecule has 3 aromatic carbocycles. The maximum absolute atomic E-state index is 14.2. The van der Waals surface area contributed by atoms with Gasteiger partial charge in [-0.2, -0.15) is 0 Å². The third kappa shape index (κ3) is 5.83. The van der Waals surface area contributed by atoms with E-state index in [0.29, 0.717) is 30.4 Å². The van der Waals surface area contributed by atoms with Gasteiger partial charge in [0.15, 0.2) is 5.60 Å². The van der Waals surface area contributed by atoms with Gasteiger partial charge in [-0.25, -0.2) is 9.59 Å². The fraction of sp³-hybridized carbons (Fsp3) is 0.353. The molecule has 12 heteroatoms. The lowest BCUT2D eigenvalue weighted by Crippen LogP contribution is -2.38. The Hall–Kier alpha value is -5.10. The molecule has 2 heterocycles. The van der Waals surface area contributed by atoms with E-state index < -0.39 is 52.4 Å². The molecule has 5 rings (SSSR count). The second kappa shape index (κ2) is 12.4. The summed E-state index contributed by atoms with van der Waals surface area (Å²) in [5.41, 5.74) is 3.24. The van der Waals surface area contributed by atoms with Gasteiger partial charge in [0.25, 0.3) is 5.91 Å². The fourth-order valence-corrected chi connectivity index (χ4v) is 5.73. The Kier molecular flexibility index (Phi) is 8.68. The zero-order valence-corrected chi connectivity index (χ0v) is 26.0. The van der Waals surface area contributed by atoms with Crippen LogP contribution in [-0.2, 0) is 24.6 Å². The van der Waals surface area contributed by atoms with Crippen molar-refractivity contribution in [3.63, 3.8) is 0 Å². The highest BCUT2D eigenvalue weighted by Crippen LogP contribution is 2.58. The molecule has 2 aliphatic heterocycles. The molecule has 2 aliphatic rings. The van der Waals surface area contributed by atoms with Crippen LogP contribution in [0.25, 0.3) is 0 Å². The molecule has 12 nitrogen and oxygen atoms in total. The predicted molar refractivity (Wildman–Crippen MR) is 164 cm³/mol. The van der Waals surface area contributed by atoms with E-state index in [-0.39, 0.29) is 47.1 Å². The number of rotatable bonds is 9. The molecule has 3 aromatic rings. The van der Waals surface area contributed by atoms with E-state index in [9.17, 15) is 29.4 Å². The van der Waals surface area contributed by atoms with Crippen LogP contribution < -0.4 is 15.8 Å². The summed E-state index contributed by atoms with van der Waals surface area (Å²) in [5.74, 6) is -3.64. The molecule has 242 valence electrons. The third-order valence-electron chi connectivity index (χ3n) is 7.61. The summed E-state index contributed by atoms with van der Waals surface area (Å²) in [6.07, 6.45) is 1.22. The molecular weight excluding hydrogens is 596 g/mol. The van der Waals surface area contributed by atoms with E-state index in [0.717, 1.165) is 6.07 Å². The number of benzene rings is 3. The summed E-state index contributed by atoms with van der Waals surface area (Å²) < 4.78 is 22.8. The predicted octanol–water partition coefficient (Wildman–Crippen LogP) is 4.41. The van der Waals surface area contributed by atoms with E-state index in [2.05, 4.69) is 5.32 Å². The van der Waals surface area contributed by atoms with Crippen LogP contribution in [0, 0.1) is 0 Å². The second-order valence-corrected chi connectivity index (χ2v) is 12.0. The molecule has 0 radical (unpaired) electrons. The minimum atomic E-state index is -1.80. The quantitative estimate of drug-likeness (QED) is 0.149. The molecule has 2 atom stereocenters. The van der Waals surface area contributed by atoms with Gasteiger partial charge in [0.1, 0.15) is 40.2 Å². The van der Waals surface area contributed by atoms with Crippen LogP contribution in [0.15, 0.2) is 48.5 Å². The first-order valence-electron chi connectivity index (χ1n) is 15.0. The molecular formula is C34H36N2O10. The number of carbonyl (C=O) groups excluding carboxylic acids is 4. The molecule has 5 N–H and O–H groups in total. The van der Waals surface area contributed by atoms with Crippen molar-refractivity contribution in [2.45, 2.75) is 64.2 Å². The zero-order valence-electron chi connectivity index (χ0n) is 26.0. The lowest BCUT2D eigenvalue weighted by atomic mass is 9.74. The average molecular weight is 633 g/mol. The standard InChI is InChI=1S/C34H36N2O10/c1-5-43-31(41)22(35)12-8-9-15-36-29(39)27-26(32(42)45-33(2,3)4)23(38)17-25-28(27)34(21-14-13-18(37)16-24(21)44-25)20-11-7-6-10-19(20)30(40)46-34/h6-7,10-11,13-14,16-17,22,37-38H,5,8-9,12,15,35H2,1-4H3,(H,36,39)/t22-,34?/m1/s1. The number of phenolic OH excluding ortho intramolecular Hbond substituents is 2. The summed E-state index contributed by atoms with van der Waals surface area (Å²) in [4.78, 5) is 53.1. The van der Waals surface area contributed by atoms with Crippen LogP contribution in [-0.4, -0.2) is 58.8 Å². The molecule has 1 spiro atoms. The molecule has 46 heavy (non-hydrogen) atoms. The van der Waals surface area contributed by atoms with Crippen molar-refractivity contribution in [1.29, 1.82) is 0 Å². The number of esters is 3. The van der Waals surface area contributed by atoms with E-state index in [1.807, 2.05) is 0 Å². The number of fused-ring (bicyclic) bond motifs is 6. The largest absolute Gasteiger partial charge is 0.508 e. The van der Waals surface area contributed by atoms with Gasteiger partial charge < -0.3 is 40.2 Å². The maximum Gasteiger partial charge on any atom is 0.343 e. The van der Waals surface area contributed by atoms with Gasteiger partial charge >= 0.3 is 17.9 Å². The van der Waals surface area contributed by atoms with Crippen LogP contribution >= 0.6 is 0 Å². The van der Waals surface area contributed by atoms with Gasteiger partial charge in [0.05, 0.1) is 23.3 Å². The molecule has 0 saturated heterocycles. The molecule has 0 fully saturated rings. The van der Waals surface area contributed by atoms with E-state index >= 15 is 0 Å². The number of unbranched alkanes of at least 4 members (excludes halogenated alkanes) is 1. The van der Waals surface area contributed by atoms with Gasteiger partial charge in [-0.1, -0.05) is 18.2 Å². The van der Waals surface area contributed by atoms with Crippen molar-refractivity contribution in [2.24, 2.45) is 5.73 Å². The van der Waals surface area contributed by atoms with E-state index in [1.54, 1.807) is 52.0 Å².